The molecule has 0 saturated heterocycles. The SMILES string of the molecule is COc1ccc(NC(=O)CN(c2ccc(Cl)cc2)S(=O)(=O)c2ccccc2)cc1. The average Bonchev–Trinajstić information content (AvgIpc) is 2.74. The highest BCUT2D eigenvalue weighted by molar-refractivity contribution is 7.92. The van der Waals surface area contributed by atoms with Gasteiger partial charge in [0.2, 0.25) is 5.91 Å². The van der Waals surface area contributed by atoms with Crippen molar-refractivity contribution in [3.05, 3.63) is 83.9 Å². The number of ether oxygens (including phenoxy) is 1. The third-order valence-electron chi connectivity index (χ3n) is 4.11. The van der Waals surface area contributed by atoms with Crippen LogP contribution in [-0.2, 0) is 14.8 Å². The highest BCUT2D eigenvalue weighted by atomic mass is 35.5. The standard InChI is InChI=1S/C21H19ClN2O4S/c1-28-19-13-9-17(10-14-19)23-21(25)15-24(18-11-7-16(22)8-12-18)29(26,27)20-5-3-2-4-6-20/h2-14H,15H2,1H3,(H,23,25). The summed E-state index contributed by atoms with van der Waals surface area (Å²) in [5.41, 5.74) is 0.868. The van der Waals surface area contributed by atoms with Gasteiger partial charge in [-0.25, -0.2) is 8.42 Å². The van der Waals surface area contributed by atoms with Crippen LogP contribution in [0.3, 0.4) is 0 Å². The quantitative estimate of drug-likeness (QED) is 0.610. The number of anilines is 2. The van der Waals surface area contributed by atoms with E-state index in [-0.39, 0.29) is 4.90 Å². The summed E-state index contributed by atoms with van der Waals surface area (Å²) in [6.45, 7) is -0.398. The number of amides is 1. The maximum atomic E-state index is 13.2. The number of hydrogen-bond acceptors (Lipinski definition) is 4. The molecule has 0 heterocycles. The Balaban J connectivity index is 1.88. The Morgan fingerprint density at radius 3 is 2.17 bits per heavy atom. The van der Waals surface area contributed by atoms with Crippen molar-refractivity contribution in [1.82, 2.24) is 0 Å². The van der Waals surface area contributed by atoms with Crippen LogP contribution in [0, 0.1) is 0 Å². The number of carbonyl (C=O) groups excluding carboxylic acids is 1. The lowest BCUT2D eigenvalue weighted by Gasteiger charge is -2.24. The van der Waals surface area contributed by atoms with Crippen LogP contribution >= 0.6 is 11.6 Å². The first-order valence-corrected chi connectivity index (χ1v) is 10.5. The fraction of sp³-hybridized carbons (Fsp3) is 0.0952. The first-order chi connectivity index (χ1) is 13.9. The number of benzene rings is 3. The minimum atomic E-state index is -3.96. The average molecular weight is 431 g/mol. The summed E-state index contributed by atoms with van der Waals surface area (Å²) in [7, 11) is -2.41. The highest BCUT2D eigenvalue weighted by Crippen LogP contribution is 2.25. The Morgan fingerprint density at radius 1 is 0.966 bits per heavy atom. The monoisotopic (exact) mass is 430 g/mol. The fourth-order valence-corrected chi connectivity index (χ4v) is 4.22. The number of nitrogens with zero attached hydrogens (tertiary/aromatic N) is 1. The molecule has 0 aliphatic heterocycles. The molecule has 0 aliphatic rings. The molecule has 3 aromatic carbocycles. The number of nitrogens with one attached hydrogen (secondary N) is 1. The zero-order valence-corrected chi connectivity index (χ0v) is 17.2. The third kappa shape index (κ3) is 5.07. The summed E-state index contributed by atoms with van der Waals surface area (Å²) in [6, 6.07) is 21.0. The summed E-state index contributed by atoms with van der Waals surface area (Å²) in [5.74, 6) is 0.169. The van der Waals surface area contributed by atoms with Gasteiger partial charge in [0, 0.05) is 10.7 Å². The Hall–Kier alpha value is -3.03. The normalized spacial score (nSPS) is 11.0. The van der Waals surface area contributed by atoms with E-state index in [1.165, 1.54) is 12.1 Å². The first kappa shape index (κ1) is 20.7. The van der Waals surface area contributed by atoms with Crippen molar-refractivity contribution in [2.45, 2.75) is 4.90 Å². The van der Waals surface area contributed by atoms with Crippen LogP contribution in [0.5, 0.6) is 5.75 Å². The molecule has 0 fully saturated rings. The molecule has 0 aliphatic carbocycles. The summed E-state index contributed by atoms with van der Waals surface area (Å²) in [5, 5.41) is 3.17. The summed E-state index contributed by atoms with van der Waals surface area (Å²) >= 11 is 5.93. The van der Waals surface area contributed by atoms with Crippen molar-refractivity contribution in [2.24, 2.45) is 0 Å². The zero-order valence-electron chi connectivity index (χ0n) is 15.6. The molecule has 3 rings (SSSR count). The topological polar surface area (TPSA) is 75.7 Å². The van der Waals surface area contributed by atoms with Gasteiger partial charge >= 0.3 is 0 Å². The lowest BCUT2D eigenvalue weighted by Crippen LogP contribution is -2.38. The van der Waals surface area contributed by atoms with Crippen LogP contribution in [0.25, 0.3) is 0 Å². The molecule has 1 N–H and O–H groups in total. The van der Waals surface area contributed by atoms with Crippen molar-refractivity contribution in [2.75, 3.05) is 23.3 Å². The number of hydrogen-bond donors (Lipinski definition) is 1. The highest BCUT2D eigenvalue weighted by Gasteiger charge is 2.27. The minimum absolute atomic E-state index is 0.0900. The lowest BCUT2D eigenvalue weighted by molar-refractivity contribution is -0.114. The predicted molar refractivity (Wildman–Crippen MR) is 114 cm³/mol. The van der Waals surface area contributed by atoms with Crippen LogP contribution in [0.15, 0.2) is 83.8 Å². The van der Waals surface area contributed by atoms with Crippen molar-refractivity contribution in [1.29, 1.82) is 0 Å². The molecular weight excluding hydrogens is 412 g/mol. The number of carbonyl (C=O) groups is 1. The molecule has 1 amide bonds. The van der Waals surface area contributed by atoms with E-state index in [9.17, 15) is 13.2 Å². The van der Waals surface area contributed by atoms with Crippen LogP contribution < -0.4 is 14.4 Å². The Kier molecular flexibility index (Phi) is 6.41. The van der Waals surface area contributed by atoms with Gasteiger partial charge in [0.05, 0.1) is 17.7 Å². The van der Waals surface area contributed by atoms with Crippen LogP contribution in [0.4, 0.5) is 11.4 Å². The van der Waals surface area contributed by atoms with Gasteiger partial charge in [-0.1, -0.05) is 29.8 Å². The maximum absolute atomic E-state index is 13.2. The zero-order chi connectivity index (χ0) is 20.9. The largest absolute Gasteiger partial charge is 0.497 e. The van der Waals surface area contributed by atoms with Gasteiger partial charge in [0.25, 0.3) is 10.0 Å². The fourth-order valence-electron chi connectivity index (χ4n) is 2.65. The second-order valence-electron chi connectivity index (χ2n) is 6.08. The van der Waals surface area contributed by atoms with Gasteiger partial charge in [-0.05, 0) is 60.7 Å². The molecule has 0 atom stereocenters. The van der Waals surface area contributed by atoms with Gasteiger partial charge in [-0.3, -0.25) is 9.10 Å². The van der Waals surface area contributed by atoms with E-state index in [1.807, 2.05) is 0 Å². The molecule has 0 spiro atoms. The van der Waals surface area contributed by atoms with Gasteiger partial charge in [-0.2, -0.15) is 0 Å². The Labute approximate surface area is 174 Å². The number of rotatable bonds is 7. The second-order valence-corrected chi connectivity index (χ2v) is 8.38. The molecule has 6 nitrogen and oxygen atoms in total. The number of halogens is 1. The summed E-state index contributed by atoms with van der Waals surface area (Å²) in [6.07, 6.45) is 0. The van der Waals surface area contributed by atoms with Gasteiger partial charge < -0.3 is 10.1 Å². The molecule has 3 aromatic rings. The van der Waals surface area contributed by atoms with Crippen LogP contribution in [-0.4, -0.2) is 28.0 Å². The molecular formula is C21H19ClN2O4S. The molecule has 0 unspecified atom stereocenters. The van der Waals surface area contributed by atoms with Gasteiger partial charge in [0.1, 0.15) is 12.3 Å². The molecule has 0 aromatic heterocycles. The predicted octanol–water partition coefficient (Wildman–Crippen LogP) is 4.18. The van der Waals surface area contributed by atoms with Crippen molar-refractivity contribution < 1.29 is 17.9 Å². The van der Waals surface area contributed by atoms with Crippen LogP contribution in [0.1, 0.15) is 0 Å². The number of sulfonamides is 1. The first-order valence-electron chi connectivity index (χ1n) is 8.67. The minimum Gasteiger partial charge on any atom is -0.497 e. The van der Waals surface area contributed by atoms with E-state index in [0.717, 1.165) is 4.31 Å². The molecule has 150 valence electrons. The van der Waals surface area contributed by atoms with E-state index in [1.54, 1.807) is 73.8 Å². The lowest BCUT2D eigenvalue weighted by atomic mass is 10.3. The third-order valence-corrected chi connectivity index (χ3v) is 6.15. The van der Waals surface area contributed by atoms with Crippen LogP contribution in [0.2, 0.25) is 5.02 Å². The molecule has 0 radical (unpaired) electrons. The summed E-state index contributed by atoms with van der Waals surface area (Å²) in [4.78, 5) is 12.7. The van der Waals surface area contributed by atoms with E-state index in [4.69, 9.17) is 16.3 Å². The Bertz CT molecular complexity index is 1070. The smallest absolute Gasteiger partial charge is 0.264 e. The van der Waals surface area contributed by atoms with E-state index >= 15 is 0 Å². The maximum Gasteiger partial charge on any atom is 0.264 e. The molecule has 29 heavy (non-hydrogen) atoms. The van der Waals surface area contributed by atoms with Crippen molar-refractivity contribution >= 4 is 38.9 Å². The van der Waals surface area contributed by atoms with E-state index in [0.29, 0.717) is 22.1 Å². The molecule has 0 saturated carbocycles. The second kappa shape index (κ2) is 8.98. The van der Waals surface area contributed by atoms with Crippen molar-refractivity contribution in [3.8, 4) is 5.75 Å². The number of methoxy groups -OCH3 is 1. The summed E-state index contributed by atoms with van der Waals surface area (Å²) < 4.78 is 32.5. The Morgan fingerprint density at radius 2 is 1.59 bits per heavy atom. The molecule has 8 heteroatoms. The van der Waals surface area contributed by atoms with Crippen molar-refractivity contribution in [3.63, 3.8) is 0 Å². The van der Waals surface area contributed by atoms with E-state index < -0.39 is 22.5 Å². The van der Waals surface area contributed by atoms with E-state index in [2.05, 4.69) is 5.32 Å². The van der Waals surface area contributed by atoms with Gasteiger partial charge in [0.15, 0.2) is 0 Å². The molecule has 0 bridgehead atoms. The van der Waals surface area contributed by atoms with Gasteiger partial charge in [-0.15, -0.1) is 0 Å².